The van der Waals surface area contributed by atoms with Crippen LogP contribution >= 0.6 is 0 Å². The first-order valence-corrected chi connectivity index (χ1v) is 8.11. The largest absolute Gasteiger partial charge is 0.311 e. The first-order chi connectivity index (χ1) is 8.68. The third-order valence-corrected chi connectivity index (χ3v) is 4.42. The Balaban J connectivity index is 4.52. The highest BCUT2D eigenvalue weighted by atomic mass is 15.1. The summed E-state index contributed by atoms with van der Waals surface area (Å²) in [6.45, 7) is 19.6. The van der Waals surface area contributed by atoms with Gasteiger partial charge >= 0.3 is 0 Å². The fraction of sp³-hybridized carbons (Fsp3) is 1.00. The zero-order chi connectivity index (χ0) is 15.1. The summed E-state index contributed by atoms with van der Waals surface area (Å²) in [5.74, 6) is 0.798. The van der Waals surface area contributed by atoms with E-state index in [-0.39, 0.29) is 5.54 Å². The molecule has 2 heteroatoms. The maximum absolute atomic E-state index is 3.71. The minimum absolute atomic E-state index is 0.213. The summed E-state index contributed by atoms with van der Waals surface area (Å²) >= 11 is 0. The molecule has 0 heterocycles. The SMILES string of the molecule is CCC(C)CN(C)CC(CC)(CC)CNC(C)(C)C. The molecular weight excluding hydrogens is 232 g/mol. The molecule has 1 N–H and O–H groups in total. The van der Waals surface area contributed by atoms with E-state index in [4.69, 9.17) is 0 Å². The molecule has 0 saturated carbocycles. The fourth-order valence-electron chi connectivity index (χ4n) is 2.53. The number of hydrogen-bond donors (Lipinski definition) is 1. The Kier molecular flexibility index (Phi) is 8.23. The smallest absolute Gasteiger partial charge is 0.00967 e. The van der Waals surface area contributed by atoms with Crippen LogP contribution in [0.5, 0.6) is 0 Å². The first kappa shape index (κ1) is 18.9. The Hall–Kier alpha value is -0.0800. The Morgan fingerprint density at radius 1 is 1.05 bits per heavy atom. The Bertz CT molecular complexity index is 226. The summed E-state index contributed by atoms with van der Waals surface area (Å²) in [5.41, 5.74) is 0.625. The molecular formula is C17H38N2. The maximum Gasteiger partial charge on any atom is 0.00967 e. The van der Waals surface area contributed by atoms with E-state index in [0.29, 0.717) is 5.41 Å². The first-order valence-electron chi connectivity index (χ1n) is 8.11. The van der Waals surface area contributed by atoms with E-state index < -0.39 is 0 Å². The van der Waals surface area contributed by atoms with Crippen LogP contribution in [0.25, 0.3) is 0 Å². The zero-order valence-corrected chi connectivity index (χ0v) is 14.8. The van der Waals surface area contributed by atoms with E-state index in [1.54, 1.807) is 0 Å². The lowest BCUT2D eigenvalue weighted by atomic mass is 9.81. The number of rotatable bonds is 9. The lowest BCUT2D eigenvalue weighted by Crippen LogP contribution is -2.48. The molecule has 0 aliphatic rings. The Labute approximate surface area is 122 Å². The molecule has 0 aliphatic carbocycles. The van der Waals surface area contributed by atoms with Crippen molar-refractivity contribution in [1.82, 2.24) is 10.2 Å². The van der Waals surface area contributed by atoms with Gasteiger partial charge in [-0.25, -0.2) is 0 Å². The molecule has 1 atom stereocenters. The van der Waals surface area contributed by atoms with Crippen LogP contribution in [0.4, 0.5) is 0 Å². The summed E-state index contributed by atoms with van der Waals surface area (Å²) in [4.78, 5) is 2.53. The molecule has 0 aromatic carbocycles. The second-order valence-corrected chi connectivity index (χ2v) is 7.52. The summed E-state index contributed by atoms with van der Waals surface area (Å²) in [7, 11) is 2.28. The van der Waals surface area contributed by atoms with Gasteiger partial charge in [0.25, 0.3) is 0 Å². The van der Waals surface area contributed by atoms with Crippen molar-refractivity contribution in [3.05, 3.63) is 0 Å². The van der Waals surface area contributed by atoms with E-state index in [9.17, 15) is 0 Å². The van der Waals surface area contributed by atoms with Crippen LogP contribution in [0.2, 0.25) is 0 Å². The lowest BCUT2D eigenvalue weighted by Gasteiger charge is -2.39. The van der Waals surface area contributed by atoms with E-state index in [0.717, 1.165) is 12.5 Å². The number of nitrogens with zero attached hydrogens (tertiary/aromatic N) is 1. The van der Waals surface area contributed by atoms with Crippen LogP contribution in [0.3, 0.4) is 0 Å². The van der Waals surface area contributed by atoms with Gasteiger partial charge in [-0.3, -0.25) is 0 Å². The van der Waals surface area contributed by atoms with Crippen molar-refractivity contribution in [2.24, 2.45) is 11.3 Å². The third-order valence-electron chi connectivity index (χ3n) is 4.42. The van der Waals surface area contributed by atoms with Crippen LogP contribution in [0.1, 0.15) is 67.7 Å². The summed E-state index contributed by atoms with van der Waals surface area (Å²) in [6.07, 6.45) is 3.77. The van der Waals surface area contributed by atoms with Gasteiger partial charge < -0.3 is 10.2 Å². The maximum atomic E-state index is 3.71. The minimum Gasteiger partial charge on any atom is -0.311 e. The topological polar surface area (TPSA) is 15.3 Å². The van der Waals surface area contributed by atoms with Crippen molar-refractivity contribution >= 4 is 0 Å². The zero-order valence-electron chi connectivity index (χ0n) is 14.8. The van der Waals surface area contributed by atoms with Crippen LogP contribution < -0.4 is 5.32 Å². The standard InChI is InChI=1S/C17H38N2/c1-9-15(4)12-19(8)14-17(10-2,11-3)13-18-16(5,6)7/h15,18H,9-14H2,1-8H3. The van der Waals surface area contributed by atoms with E-state index >= 15 is 0 Å². The van der Waals surface area contributed by atoms with Crippen LogP contribution in [0, 0.1) is 11.3 Å². The average molecular weight is 271 g/mol. The fourth-order valence-corrected chi connectivity index (χ4v) is 2.53. The quantitative estimate of drug-likeness (QED) is 0.677. The van der Waals surface area contributed by atoms with Crippen molar-refractivity contribution in [3.63, 3.8) is 0 Å². The summed E-state index contributed by atoms with van der Waals surface area (Å²) < 4.78 is 0. The van der Waals surface area contributed by atoms with Gasteiger partial charge in [0.15, 0.2) is 0 Å². The van der Waals surface area contributed by atoms with Gasteiger partial charge in [0.2, 0.25) is 0 Å². The van der Waals surface area contributed by atoms with Gasteiger partial charge in [0.1, 0.15) is 0 Å². The molecule has 0 aromatic heterocycles. The summed E-state index contributed by atoms with van der Waals surface area (Å²) in [6, 6.07) is 0. The third kappa shape index (κ3) is 7.94. The molecule has 0 amide bonds. The molecule has 19 heavy (non-hydrogen) atoms. The highest BCUT2D eigenvalue weighted by Gasteiger charge is 2.29. The minimum atomic E-state index is 0.213. The monoisotopic (exact) mass is 270 g/mol. The highest BCUT2D eigenvalue weighted by molar-refractivity contribution is 4.85. The second-order valence-electron chi connectivity index (χ2n) is 7.52. The Morgan fingerprint density at radius 3 is 1.95 bits per heavy atom. The van der Waals surface area contributed by atoms with Crippen LogP contribution in [-0.2, 0) is 0 Å². The van der Waals surface area contributed by atoms with Crippen molar-refractivity contribution in [3.8, 4) is 0 Å². The van der Waals surface area contributed by atoms with Gasteiger partial charge in [-0.15, -0.1) is 0 Å². The predicted octanol–water partition coefficient (Wildman–Crippen LogP) is 4.16. The summed E-state index contributed by atoms with van der Waals surface area (Å²) in [5, 5.41) is 3.71. The van der Waals surface area contributed by atoms with Crippen molar-refractivity contribution in [2.75, 3.05) is 26.7 Å². The molecule has 116 valence electrons. The molecule has 0 saturated heterocycles. The second kappa shape index (κ2) is 8.26. The predicted molar refractivity (Wildman–Crippen MR) is 87.7 cm³/mol. The number of nitrogens with one attached hydrogen (secondary N) is 1. The van der Waals surface area contributed by atoms with E-state index in [1.807, 2.05) is 0 Å². The van der Waals surface area contributed by atoms with E-state index in [1.165, 1.54) is 32.4 Å². The molecule has 0 fully saturated rings. The molecule has 1 unspecified atom stereocenters. The molecule has 2 nitrogen and oxygen atoms in total. The lowest BCUT2D eigenvalue weighted by molar-refractivity contribution is 0.133. The van der Waals surface area contributed by atoms with Gasteiger partial charge in [-0.1, -0.05) is 34.1 Å². The molecule has 0 radical (unpaired) electrons. The van der Waals surface area contributed by atoms with Crippen molar-refractivity contribution in [2.45, 2.75) is 73.3 Å². The molecule has 0 bridgehead atoms. The van der Waals surface area contributed by atoms with Crippen LogP contribution in [0.15, 0.2) is 0 Å². The van der Waals surface area contributed by atoms with Gasteiger partial charge in [-0.2, -0.15) is 0 Å². The van der Waals surface area contributed by atoms with Gasteiger partial charge in [0, 0.05) is 25.2 Å². The van der Waals surface area contributed by atoms with Gasteiger partial charge in [0.05, 0.1) is 0 Å². The molecule has 0 aliphatic heterocycles. The van der Waals surface area contributed by atoms with Gasteiger partial charge in [-0.05, 0) is 52.0 Å². The van der Waals surface area contributed by atoms with Crippen molar-refractivity contribution < 1.29 is 0 Å². The molecule has 0 rings (SSSR count). The number of hydrogen-bond acceptors (Lipinski definition) is 2. The van der Waals surface area contributed by atoms with E-state index in [2.05, 4.69) is 65.7 Å². The average Bonchev–Trinajstić information content (AvgIpc) is 2.33. The molecule has 0 aromatic rings. The normalized spacial score (nSPS) is 15.0. The highest BCUT2D eigenvalue weighted by Crippen LogP contribution is 2.27. The van der Waals surface area contributed by atoms with Crippen molar-refractivity contribution in [1.29, 1.82) is 0 Å². The Morgan fingerprint density at radius 2 is 1.58 bits per heavy atom. The molecule has 0 spiro atoms. The van der Waals surface area contributed by atoms with Crippen LogP contribution in [-0.4, -0.2) is 37.1 Å².